The first-order chi connectivity index (χ1) is 14.0. The van der Waals surface area contributed by atoms with Crippen LogP contribution in [0.1, 0.15) is 18.1 Å². The summed E-state index contributed by atoms with van der Waals surface area (Å²) in [6.07, 6.45) is 0. The van der Waals surface area contributed by atoms with E-state index in [1.165, 1.54) is 6.07 Å². The summed E-state index contributed by atoms with van der Waals surface area (Å²) in [5.74, 6) is 0.601. The zero-order chi connectivity index (χ0) is 21.1. The van der Waals surface area contributed by atoms with Crippen molar-refractivity contribution in [3.63, 3.8) is 0 Å². The number of alkyl halides is 2. The van der Waals surface area contributed by atoms with Gasteiger partial charge in [0.05, 0.1) is 6.54 Å². The fourth-order valence-corrected chi connectivity index (χ4v) is 2.44. The number of carbonyl (C=O) groups is 1. The monoisotopic (exact) mass is 534 g/mol. The number of ether oxygens (including phenoxy) is 2. The number of carbonyl (C=O) groups excluding carboxylic acids is 1. The topological polar surface area (TPSA) is 98.0 Å². The predicted molar refractivity (Wildman–Crippen MR) is 121 cm³/mol. The number of benzene rings is 2. The van der Waals surface area contributed by atoms with E-state index < -0.39 is 12.5 Å². The van der Waals surface area contributed by atoms with Gasteiger partial charge in [0.2, 0.25) is 0 Å². The highest BCUT2D eigenvalue weighted by molar-refractivity contribution is 14.0. The maximum Gasteiger partial charge on any atom is 0.387 e. The third-order valence-corrected chi connectivity index (χ3v) is 3.68. The second kappa shape index (κ2) is 13.6. The van der Waals surface area contributed by atoms with Gasteiger partial charge in [0, 0.05) is 18.7 Å². The second-order valence-electron chi connectivity index (χ2n) is 5.94. The minimum Gasteiger partial charge on any atom is -0.484 e. The lowest BCUT2D eigenvalue weighted by Crippen LogP contribution is -2.36. The molecule has 2 rings (SSSR count). The van der Waals surface area contributed by atoms with Crippen molar-refractivity contribution in [2.75, 3.05) is 13.2 Å². The fraction of sp³-hybridized carbons (Fsp3) is 0.300. The summed E-state index contributed by atoms with van der Waals surface area (Å²) >= 11 is 0. The molecule has 0 fully saturated rings. The molecule has 0 aliphatic rings. The lowest BCUT2D eigenvalue weighted by Gasteiger charge is -2.14. The Morgan fingerprint density at radius 3 is 2.63 bits per heavy atom. The first-order valence-electron chi connectivity index (χ1n) is 9.03. The lowest BCUT2D eigenvalue weighted by molar-refractivity contribution is -0.119. The third-order valence-electron chi connectivity index (χ3n) is 3.68. The second-order valence-corrected chi connectivity index (χ2v) is 5.94. The summed E-state index contributed by atoms with van der Waals surface area (Å²) in [5, 5.41) is 6.19. The highest BCUT2D eigenvalue weighted by Crippen LogP contribution is 2.20. The van der Waals surface area contributed by atoms with Crippen LogP contribution in [0.4, 0.5) is 8.78 Å². The molecule has 0 spiro atoms. The van der Waals surface area contributed by atoms with E-state index in [1.54, 1.807) is 36.4 Å². The quantitative estimate of drug-likeness (QED) is 0.248. The Morgan fingerprint density at radius 1 is 1.17 bits per heavy atom. The van der Waals surface area contributed by atoms with E-state index in [-0.39, 0.29) is 42.9 Å². The number of hydrogen-bond donors (Lipinski definition) is 3. The Labute approximate surface area is 191 Å². The van der Waals surface area contributed by atoms with Crippen LogP contribution < -0.4 is 25.8 Å². The van der Waals surface area contributed by atoms with E-state index in [0.29, 0.717) is 30.4 Å². The minimum atomic E-state index is -2.89. The molecular weight excluding hydrogens is 509 g/mol. The van der Waals surface area contributed by atoms with Gasteiger partial charge < -0.3 is 25.8 Å². The van der Waals surface area contributed by atoms with Crippen LogP contribution in [0.25, 0.3) is 0 Å². The molecule has 2 aromatic rings. The number of halogens is 3. The summed E-state index contributed by atoms with van der Waals surface area (Å²) in [6, 6.07) is 13.7. The highest BCUT2D eigenvalue weighted by atomic mass is 127. The van der Waals surface area contributed by atoms with Crippen molar-refractivity contribution < 1.29 is 23.0 Å². The van der Waals surface area contributed by atoms with E-state index in [0.717, 1.165) is 5.56 Å². The molecule has 0 radical (unpaired) electrons. The van der Waals surface area contributed by atoms with E-state index in [2.05, 4.69) is 20.4 Å². The van der Waals surface area contributed by atoms with Gasteiger partial charge >= 0.3 is 6.61 Å². The minimum absolute atomic E-state index is 0. The van der Waals surface area contributed by atoms with E-state index >= 15 is 0 Å². The van der Waals surface area contributed by atoms with Gasteiger partial charge in [0.15, 0.2) is 12.6 Å². The van der Waals surface area contributed by atoms with Gasteiger partial charge in [-0.05, 0) is 30.7 Å². The Balaban J connectivity index is 0.00000450. The van der Waals surface area contributed by atoms with Crippen molar-refractivity contribution in [2.24, 2.45) is 10.7 Å². The highest BCUT2D eigenvalue weighted by Gasteiger charge is 2.09. The van der Waals surface area contributed by atoms with Crippen molar-refractivity contribution in [2.45, 2.75) is 26.6 Å². The smallest absolute Gasteiger partial charge is 0.387 e. The van der Waals surface area contributed by atoms with Crippen LogP contribution in [0.5, 0.6) is 11.5 Å². The molecule has 0 aliphatic carbocycles. The Hall–Kier alpha value is -2.63. The van der Waals surface area contributed by atoms with Crippen LogP contribution in [0.2, 0.25) is 0 Å². The lowest BCUT2D eigenvalue weighted by atomic mass is 10.2. The number of amides is 1. The van der Waals surface area contributed by atoms with Crippen molar-refractivity contribution >= 4 is 35.8 Å². The molecule has 0 saturated carbocycles. The van der Waals surface area contributed by atoms with E-state index in [1.807, 2.05) is 13.0 Å². The molecule has 0 heterocycles. The molecule has 2 aromatic carbocycles. The fourth-order valence-electron chi connectivity index (χ4n) is 2.44. The molecule has 0 aliphatic heterocycles. The van der Waals surface area contributed by atoms with Crippen molar-refractivity contribution in [3.05, 3.63) is 59.7 Å². The largest absolute Gasteiger partial charge is 0.484 e. The zero-order valence-electron chi connectivity index (χ0n) is 16.4. The molecule has 0 saturated heterocycles. The number of rotatable bonds is 10. The first kappa shape index (κ1) is 25.4. The van der Waals surface area contributed by atoms with Crippen molar-refractivity contribution in [1.82, 2.24) is 10.6 Å². The van der Waals surface area contributed by atoms with Gasteiger partial charge in [-0.1, -0.05) is 30.3 Å². The van der Waals surface area contributed by atoms with Gasteiger partial charge in [-0.2, -0.15) is 8.78 Å². The van der Waals surface area contributed by atoms with Crippen LogP contribution in [0.15, 0.2) is 53.5 Å². The van der Waals surface area contributed by atoms with Crippen LogP contribution in [0, 0.1) is 0 Å². The van der Waals surface area contributed by atoms with Crippen LogP contribution >= 0.6 is 24.0 Å². The predicted octanol–water partition coefficient (Wildman–Crippen LogP) is 3.03. The normalized spacial score (nSPS) is 10.9. The number of para-hydroxylation sites is 1. The molecule has 4 N–H and O–H groups in total. The van der Waals surface area contributed by atoms with Gasteiger partial charge in [0.25, 0.3) is 5.91 Å². The third kappa shape index (κ3) is 9.25. The molecule has 7 nitrogen and oxygen atoms in total. The molecule has 0 bridgehead atoms. The summed E-state index contributed by atoms with van der Waals surface area (Å²) in [7, 11) is 0. The molecular formula is C20H25F2IN4O3. The Bertz CT molecular complexity index is 837. The van der Waals surface area contributed by atoms with Gasteiger partial charge in [-0.15, -0.1) is 24.0 Å². The van der Waals surface area contributed by atoms with Crippen LogP contribution in [-0.4, -0.2) is 31.6 Å². The molecule has 0 unspecified atom stereocenters. The molecule has 0 aromatic heterocycles. The van der Waals surface area contributed by atoms with Crippen molar-refractivity contribution in [3.8, 4) is 11.5 Å². The molecule has 164 valence electrons. The summed E-state index contributed by atoms with van der Waals surface area (Å²) < 4.78 is 34.9. The van der Waals surface area contributed by atoms with Crippen LogP contribution in [-0.2, 0) is 17.9 Å². The van der Waals surface area contributed by atoms with E-state index in [9.17, 15) is 13.6 Å². The zero-order valence-corrected chi connectivity index (χ0v) is 18.8. The van der Waals surface area contributed by atoms with Crippen molar-refractivity contribution in [1.29, 1.82) is 0 Å². The van der Waals surface area contributed by atoms with Gasteiger partial charge in [0.1, 0.15) is 11.5 Å². The average Bonchev–Trinajstić information content (AvgIpc) is 2.69. The number of guanidine groups is 1. The number of nitrogens with zero attached hydrogens (tertiary/aromatic N) is 1. The molecule has 10 heteroatoms. The SMILES string of the molecule is CCNC(=NCc1cccc(OCC(N)=O)c1)NCc1ccccc1OC(F)F.I. The van der Waals surface area contributed by atoms with E-state index in [4.69, 9.17) is 10.5 Å². The molecule has 0 atom stereocenters. The number of nitrogens with one attached hydrogen (secondary N) is 2. The summed E-state index contributed by atoms with van der Waals surface area (Å²) in [4.78, 5) is 15.3. The first-order valence-corrected chi connectivity index (χ1v) is 9.03. The maximum atomic E-state index is 12.5. The number of hydrogen-bond acceptors (Lipinski definition) is 4. The van der Waals surface area contributed by atoms with Gasteiger partial charge in [-0.3, -0.25) is 4.79 Å². The number of primary amides is 1. The molecule has 30 heavy (non-hydrogen) atoms. The standard InChI is InChI=1S/C20H24F2N4O3.HI/c1-2-24-20(26-12-15-7-3-4-9-17(15)29-19(21)22)25-11-14-6-5-8-16(10-14)28-13-18(23)27;/h3-10,19H,2,11-13H2,1H3,(H2,23,27)(H2,24,25,26);1H. The number of aliphatic imine (C=N–C) groups is 1. The maximum absolute atomic E-state index is 12.5. The summed E-state index contributed by atoms with van der Waals surface area (Å²) in [5.41, 5.74) is 6.53. The summed E-state index contributed by atoms with van der Waals surface area (Å²) in [6.45, 7) is 0.0693. The van der Waals surface area contributed by atoms with Crippen LogP contribution in [0.3, 0.4) is 0 Å². The molecule has 1 amide bonds. The average molecular weight is 534 g/mol. The Morgan fingerprint density at radius 2 is 1.93 bits per heavy atom. The van der Waals surface area contributed by atoms with Gasteiger partial charge in [-0.25, -0.2) is 4.99 Å². The Kier molecular flexibility index (Phi) is 11.5. The number of nitrogens with two attached hydrogens (primary N) is 1.